The van der Waals surface area contributed by atoms with Crippen LogP contribution >= 0.6 is 0 Å². The molecular formula is C15H18F3NO2. The number of hydrogen-bond donors (Lipinski definition) is 2. The third-order valence-corrected chi connectivity index (χ3v) is 3.74. The van der Waals surface area contributed by atoms with Gasteiger partial charge in [0.25, 0.3) is 0 Å². The van der Waals surface area contributed by atoms with Gasteiger partial charge in [-0.1, -0.05) is 12.1 Å². The summed E-state index contributed by atoms with van der Waals surface area (Å²) in [4.78, 5) is 11.9. The molecule has 1 fully saturated rings. The molecule has 1 saturated carbocycles. The van der Waals surface area contributed by atoms with Crippen molar-refractivity contribution in [1.82, 2.24) is 5.32 Å². The van der Waals surface area contributed by atoms with E-state index in [2.05, 4.69) is 5.32 Å². The van der Waals surface area contributed by atoms with E-state index < -0.39 is 11.7 Å². The van der Waals surface area contributed by atoms with Crippen LogP contribution in [0.3, 0.4) is 0 Å². The Bertz CT molecular complexity index is 499. The Morgan fingerprint density at radius 1 is 1.38 bits per heavy atom. The minimum Gasteiger partial charge on any atom is -0.396 e. The van der Waals surface area contributed by atoms with E-state index >= 15 is 0 Å². The van der Waals surface area contributed by atoms with Crippen LogP contribution in [0.4, 0.5) is 13.2 Å². The molecule has 6 heteroatoms. The number of halogens is 3. The number of nitrogens with one attached hydrogen (secondary N) is 1. The average Bonchev–Trinajstić information content (AvgIpc) is 3.18. The van der Waals surface area contributed by atoms with E-state index in [9.17, 15) is 18.0 Å². The molecule has 0 spiro atoms. The van der Waals surface area contributed by atoms with E-state index in [4.69, 9.17) is 5.11 Å². The van der Waals surface area contributed by atoms with Gasteiger partial charge in [0.05, 0.1) is 5.56 Å². The normalized spacial score (nSPS) is 22.7. The number of amides is 1. The van der Waals surface area contributed by atoms with E-state index in [1.54, 1.807) is 0 Å². The predicted molar refractivity (Wildman–Crippen MR) is 71.6 cm³/mol. The molecule has 0 aliphatic heterocycles. The van der Waals surface area contributed by atoms with Gasteiger partial charge < -0.3 is 10.4 Å². The Balaban J connectivity index is 1.92. The van der Waals surface area contributed by atoms with Gasteiger partial charge in [0.2, 0.25) is 5.91 Å². The zero-order valence-electron chi connectivity index (χ0n) is 11.7. The number of benzene rings is 1. The molecule has 3 unspecified atom stereocenters. The number of alkyl halides is 3. The second-order valence-corrected chi connectivity index (χ2v) is 5.49. The molecule has 1 amide bonds. The van der Waals surface area contributed by atoms with E-state index in [-0.39, 0.29) is 30.4 Å². The summed E-state index contributed by atoms with van der Waals surface area (Å²) in [6, 6.07) is 4.89. The standard InChI is InChI=1S/C15H18F3NO2/c1-9(6-7-20)19-14(21)13-8-12(13)10-2-4-11(5-3-10)15(16,17)18/h2-5,9,12-13,20H,6-8H2,1H3,(H,19,21). The van der Waals surface area contributed by atoms with Crippen LogP contribution in [0, 0.1) is 5.92 Å². The van der Waals surface area contributed by atoms with E-state index in [0.717, 1.165) is 17.7 Å². The van der Waals surface area contributed by atoms with Gasteiger partial charge >= 0.3 is 6.18 Å². The number of aliphatic hydroxyl groups excluding tert-OH is 1. The lowest BCUT2D eigenvalue weighted by molar-refractivity contribution is -0.137. The van der Waals surface area contributed by atoms with Crippen molar-refractivity contribution >= 4 is 5.91 Å². The minimum atomic E-state index is -4.33. The molecular weight excluding hydrogens is 283 g/mol. The summed E-state index contributed by atoms with van der Waals surface area (Å²) in [5, 5.41) is 11.6. The molecule has 1 aliphatic rings. The molecule has 0 bridgehead atoms. The van der Waals surface area contributed by atoms with Crippen LogP contribution in [0.15, 0.2) is 24.3 Å². The Morgan fingerprint density at radius 2 is 2.00 bits per heavy atom. The molecule has 0 heterocycles. The average molecular weight is 301 g/mol. The molecule has 116 valence electrons. The van der Waals surface area contributed by atoms with Crippen LogP contribution in [0.2, 0.25) is 0 Å². The molecule has 2 rings (SSSR count). The zero-order valence-corrected chi connectivity index (χ0v) is 11.7. The number of carbonyl (C=O) groups is 1. The van der Waals surface area contributed by atoms with Crippen molar-refractivity contribution in [2.45, 2.75) is 37.9 Å². The molecule has 1 aromatic carbocycles. The lowest BCUT2D eigenvalue weighted by atomic mass is 10.1. The minimum absolute atomic E-state index is 0.00592. The van der Waals surface area contributed by atoms with Gasteiger partial charge in [0.15, 0.2) is 0 Å². The van der Waals surface area contributed by atoms with Crippen molar-refractivity contribution in [3.05, 3.63) is 35.4 Å². The second-order valence-electron chi connectivity index (χ2n) is 5.49. The van der Waals surface area contributed by atoms with Crippen molar-refractivity contribution in [3.63, 3.8) is 0 Å². The smallest absolute Gasteiger partial charge is 0.396 e. The van der Waals surface area contributed by atoms with E-state index in [0.29, 0.717) is 12.8 Å². The molecule has 0 radical (unpaired) electrons. The molecule has 2 N–H and O–H groups in total. The molecule has 0 saturated heterocycles. The second kappa shape index (κ2) is 6.05. The molecule has 1 aromatic rings. The van der Waals surface area contributed by atoms with Crippen molar-refractivity contribution in [2.24, 2.45) is 5.92 Å². The van der Waals surface area contributed by atoms with Gasteiger partial charge in [-0.05, 0) is 43.4 Å². The maximum absolute atomic E-state index is 12.5. The van der Waals surface area contributed by atoms with Crippen LogP contribution in [-0.4, -0.2) is 23.7 Å². The summed E-state index contributed by atoms with van der Waals surface area (Å²) in [7, 11) is 0. The number of carbonyl (C=O) groups excluding carboxylic acids is 1. The highest BCUT2D eigenvalue weighted by molar-refractivity contribution is 5.83. The Morgan fingerprint density at radius 3 is 2.52 bits per heavy atom. The molecule has 1 aliphatic carbocycles. The zero-order chi connectivity index (χ0) is 15.6. The summed E-state index contributed by atoms with van der Waals surface area (Å²) >= 11 is 0. The van der Waals surface area contributed by atoms with Gasteiger partial charge in [-0.25, -0.2) is 0 Å². The summed E-state index contributed by atoms with van der Waals surface area (Å²) in [5.74, 6) is -0.280. The topological polar surface area (TPSA) is 49.3 Å². The first-order valence-corrected chi connectivity index (χ1v) is 6.91. The molecule has 3 nitrogen and oxygen atoms in total. The van der Waals surface area contributed by atoms with Gasteiger partial charge in [0.1, 0.15) is 0 Å². The van der Waals surface area contributed by atoms with Crippen LogP contribution in [0.25, 0.3) is 0 Å². The van der Waals surface area contributed by atoms with Gasteiger partial charge in [0, 0.05) is 18.6 Å². The fourth-order valence-electron chi connectivity index (χ4n) is 2.39. The van der Waals surface area contributed by atoms with Crippen molar-refractivity contribution < 1.29 is 23.1 Å². The molecule has 21 heavy (non-hydrogen) atoms. The van der Waals surface area contributed by atoms with Gasteiger partial charge in [-0.15, -0.1) is 0 Å². The quantitative estimate of drug-likeness (QED) is 0.878. The van der Waals surface area contributed by atoms with E-state index in [1.807, 2.05) is 6.92 Å². The highest BCUT2D eigenvalue weighted by Gasteiger charge is 2.44. The Labute approximate surface area is 121 Å². The third-order valence-electron chi connectivity index (χ3n) is 3.74. The first-order chi connectivity index (χ1) is 9.82. The maximum Gasteiger partial charge on any atom is 0.416 e. The summed E-state index contributed by atoms with van der Waals surface area (Å²) in [6.45, 7) is 1.82. The number of aliphatic hydroxyl groups is 1. The SMILES string of the molecule is CC(CCO)NC(=O)C1CC1c1ccc(C(F)(F)F)cc1. The highest BCUT2D eigenvalue weighted by Crippen LogP contribution is 2.48. The largest absolute Gasteiger partial charge is 0.416 e. The number of rotatable bonds is 5. The van der Waals surface area contributed by atoms with E-state index in [1.165, 1.54) is 12.1 Å². The fraction of sp³-hybridized carbons (Fsp3) is 0.533. The van der Waals surface area contributed by atoms with Crippen molar-refractivity contribution in [1.29, 1.82) is 0 Å². The van der Waals surface area contributed by atoms with Crippen LogP contribution in [-0.2, 0) is 11.0 Å². The molecule has 0 aromatic heterocycles. The maximum atomic E-state index is 12.5. The van der Waals surface area contributed by atoms with Crippen LogP contribution < -0.4 is 5.32 Å². The first-order valence-electron chi connectivity index (χ1n) is 6.91. The van der Waals surface area contributed by atoms with Crippen LogP contribution in [0.5, 0.6) is 0 Å². The summed E-state index contributed by atoms with van der Waals surface area (Å²) in [6.07, 6.45) is -3.19. The Kier molecular flexibility index (Phi) is 4.56. The number of hydrogen-bond acceptors (Lipinski definition) is 2. The first kappa shape index (κ1) is 15.8. The van der Waals surface area contributed by atoms with Gasteiger partial charge in [-0.3, -0.25) is 4.79 Å². The summed E-state index contributed by atoms with van der Waals surface area (Å²) in [5.41, 5.74) is 0.0856. The third kappa shape index (κ3) is 3.97. The molecule has 3 atom stereocenters. The predicted octanol–water partition coefficient (Wildman–Crippen LogP) is 2.70. The van der Waals surface area contributed by atoms with Crippen molar-refractivity contribution in [3.8, 4) is 0 Å². The Hall–Kier alpha value is -1.56. The monoisotopic (exact) mass is 301 g/mol. The lowest BCUT2D eigenvalue weighted by Gasteiger charge is -2.12. The van der Waals surface area contributed by atoms with Gasteiger partial charge in [-0.2, -0.15) is 13.2 Å². The van der Waals surface area contributed by atoms with Crippen molar-refractivity contribution in [2.75, 3.05) is 6.61 Å². The fourth-order valence-corrected chi connectivity index (χ4v) is 2.39. The lowest BCUT2D eigenvalue weighted by Crippen LogP contribution is -2.34. The highest BCUT2D eigenvalue weighted by atomic mass is 19.4. The summed E-state index contributed by atoms with van der Waals surface area (Å²) < 4.78 is 37.4. The van der Waals surface area contributed by atoms with Crippen LogP contribution in [0.1, 0.15) is 36.8 Å².